The van der Waals surface area contributed by atoms with E-state index in [0.717, 1.165) is 0 Å². The van der Waals surface area contributed by atoms with Crippen molar-refractivity contribution in [2.45, 2.75) is 4.90 Å². The van der Waals surface area contributed by atoms with Crippen molar-refractivity contribution in [3.05, 3.63) is 24.0 Å². The van der Waals surface area contributed by atoms with Gasteiger partial charge >= 0.3 is 0 Å². The molecule has 1 rings (SSSR count). The van der Waals surface area contributed by atoms with Gasteiger partial charge in [-0.2, -0.15) is 0 Å². The van der Waals surface area contributed by atoms with Crippen molar-refractivity contribution in [2.24, 2.45) is 0 Å². The van der Waals surface area contributed by atoms with Gasteiger partial charge in [0.2, 0.25) is 0 Å². The zero-order chi connectivity index (χ0) is 8.43. The highest BCUT2D eigenvalue weighted by Gasteiger charge is 2.03. The van der Waals surface area contributed by atoms with Crippen LogP contribution in [0.5, 0.6) is 0 Å². The van der Waals surface area contributed by atoms with Crippen molar-refractivity contribution in [3.8, 4) is 0 Å². The van der Waals surface area contributed by atoms with Crippen molar-refractivity contribution in [2.75, 3.05) is 12.0 Å². The smallest absolute Gasteiger partial charge is 0.124 e. The quantitative estimate of drug-likeness (QED) is 0.647. The normalized spacial score (nSPS) is 12.9. The molecule has 0 radical (unpaired) electrons. The summed E-state index contributed by atoms with van der Waals surface area (Å²) >= 11 is 0. The molecule has 0 aliphatic heterocycles. The van der Waals surface area contributed by atoms with Crippen LogP contribution in [0.2, 0.25) is 0 Å². The zero-order valence-corrected chi connectivity index (χ0v) is 6.82. The predicted octanol–water partition coefficient (Wildman–Crippen LogP) is 1.15. The number of hydrogen-bond donors (Lipinski definition) is 1. The Labute approximate surface area is 66.7 Å². The summed E-state index contributed by atoms with van der Waals surface area (Å²) in [6, 6.07) is 3.84. The summed E-state index contributed by atoms with van der Waals surface area (Å²) < 4.78 is 23.4. The van der Waals surface area contributed by atoms with Crippen LogP contribution in [0.25, 0.3) is 0 Å². The lowest BCUT2D eigenvalue weighted by molar-refractivity contribution is 0.623. The molecule has 1 atom stereocenters. The number of halogens is 1. The summed E-state index contributed by atoms with van der Waals surface area (Å²) in [7, 11) is -1.22. The topological polar surface area (TPSA) is 43.1 Å². The van der Waals surface area contributed by atoms with Gasteiger partial charge < -0.3 is 5.73 Å². The minimum absolute atomic E-state index is 0.352. The molecule has 0 spiro atoms. The van der Waals surface area contributed by atoms with Gasteiger partial charge in [-0.1, -0.05) is 0 Å². The van der Waals surface area contributed by atoms with Crippen LogP contribution in [0.4, 0.5) is 10.1 Å². The maximum Gasteiger partial charge on any atom is 0.124 e. The van der Waals surface area contributed by atoms with Gasteiger partial charge in [-0.25, -0.2) is 4.39 Å². The first-order chi connectivity index (χ1) is 5.11. The highest BCUT2D eigenvalue weighted by atomic mass is 32.2. The predicted molar refractivity (Wildman–Crippen MR) is 43.1 cm³/mol. The number of benzene rings is 1. The Kier molecular flexibility index (Phi) is 2.24. The summed E-state index contributed by atoms with van der Waals surface area (Å²) in [4.78, 5) is 0.352. The molecule has 2 N–H and O–H groups in total. The largest absolute Gasteiger partial charge is 0.398 e. The Morgan fingerprint density at radius 2 is 2.18 bits per heavy atom. The fraction of sp³-hybridized carbons (Fsp3) is 0.143. The van der Waals surface area contributed by atoms with Gasteiger partial charge in [0.1, 0.15) is 5.82 Å². The van der Waals surface area contributed by atoms with Crippen molar-refractivity contribution >= 4 is 16.5 Å². The molecule has 0 amide bonds. The Balaban J connectivity index is 3.23. The highest BCUT2D eigenvalue weighted by Crippen LogP contribution is 2.15. The standard InChI is InChI=1S/C7H8FNOS/c1-11(10)7-4-5(8)2-3-6(7)9/h2-4H,9H2,1H3. The second-order valence-electron chi connectivity index (χ2n) is 2.14. The molecule has 0 bridgehead atoms. The van der Waals surface area contributed by atoms with Crippen molar-refractivity contribution in [1.82, 2.24) is 0 Å². The first kappa shape index (κ1) is 8.20. The maximum absolute atomic E-state index is 12.5. The second-order valence-corrected chi connectivity index (χ2v) is 3.48. The van der Waals surface area contributed by atoms with E-state index in [-0.39, 0.29) is 0 Å². The van der Waals surface area contributed by atoms with Crippen molar-refractivity contribution < 1.29 is 8.60 Å². The molecule has 1 unspecified atom stereocenters. The van der Waals surface area contributed by atoms with Crippen LogP contribution < -0.4 is 5.73 Å². The Morgan fingerprint density at radius 3 is 2.64 bits per heavy atom. The van der Waals surface area contributed by atoms with Crippen molar-refractivity contribution in [3.63, 3.8) is 0 Å². The van der Waals surface area contributed by atoms with Crippen LogP contribution in [-0.2, 0) is 10.8 Å². The van der Waals surface area contributed by atoms with Gasteiger partial charge in [0.15, 0.2) is 0 Å². The number of hydrogen-bond acceptors (Lipinski definition) is 2. The van der Waals surface area contributed by atoms with E-state index in [9.17, 15) is 8.60 Å². The molecule has 0 heterocycles. The van der Waals surface area contributed by atoms with Gasteiger partial charge in [-0.05, 0) is 18.2 Å². The van der Waals surface area contributed by atoms with E-state index >= 15 is 0 Å². The molecule has 0 aliphatic rings. The first-order valence-electron chi connectivity index (χ1n) is 2.99. The van der Waals surface area contributed by atoms with E-state index in [1.807, 2.05) is 0 Å². The van der Waals surface area contributed by atoms with E-state index in [1.165, 1.54) is 24.5 Å². The molecular formula is C7H8FNOS. The minimum Gasteiger partial charge on any atom is -0.398 e. The van der Waals surface area contributed by atoms with Gasteiger partial charge in [0.25, 0.3) is 0 Å². The molecular weight excluding hydrogens is 165 g/mol. The number of anilines is 1. The molecule has 0 saturated heterocycles. The van der Waals surface area contributed by atoms with Crippen molar-refractivity contribution in [1.29, 1.82) is 0 Å². The third kappa shape index (κ3) is 1.77. The Bertz CT molecular complexity index is 300. The van der Waals surface area contributed by atoms with E-state index in [4.69, 9.17) is 5.73 Å². The van der Waals surface area contributed by atoms with E-state index < -0.39 is 16.6 Å². The fourth-order valence-electron chi connectivity index (χ4n) is 0.757. The SMILES string of the molecule is CS(=O)c1cc(F)ccc1N. The lowest BCUT2D eigenvalue weighted by Crippen LogP contribution is -1.96. The third-order valence-corrected chi connectivity index (χ3v) is 2.26. The molecule has 4 heteroatoms. The van der Waals surface area contributed by atoms with Gasteiger partial charge in [0, 0.05) is 11.9 Å². The summed E-state index contributed by atoms with van der Waals surface area (Å²) in [5.41, 5.74) is 5.80. The van der Waals surface area contributed by atoms with Crippen LogP contribution in [0, 0.1) is 5.82 Å². The number of nitrogen functional groups attached to an aromatic ring is 1. The number of nitrogens with two attached hydrogens (primary N) is 1. The molecule has 1 aromatic rings. The van der Waals surface area contributed by atoms with Gasteiger partial charge in [-0.3, -0.25) is 4.21 Å². The maximum atomic E-state index is 12.5. The Morgan fingerprint density at radius 1 is 1.55 bits per heavy atom. The van der Waals surface area contributed by atoms with Gasteiger partial charge in [0.05, 0.1) is 15.7 Å². The van der Waals surface area contributed by atoms with Crippen LogP contribution in [0.3, 0.4) is 0 Å². The van der Waals surface area contributed by atoms with Crippen LogP contribution in [-0.4, -0.2) is 10.5 Å². The molecule has 11 heavy (non-hydrogen) atoms. The first-order valence-corrected chi connectivity index (χ1v) is 4.55. The van der Waals surface area contributed by atoms with Gasteiger partial charge in [-0.15, -0.1) is 0 Å². The van der Waals surface area contributed by atoms with E-state index in [0.29, 0.717) is 10.6 Å². The molecule has 60 valence electrons. The lowest BCUT2D eigenvalue weighted by Gasteiger charge is -2.00. The zero-order valence-electron chi connectivity index (χ0n) is 6.00. The second kappa shape index (κ2) is 3.00. The molecule has 1 aromatic carbocycles. The summed E-state index contributed by atoms with van der Waals surface area (Å²) in [6.07, 6.45) is 1.46. The summed E-state index contributed by atoms with van der Waals surface area (Å²) in [5, 5.41) is 0. The van der Waals surface area contributed by atoms with E-state index in [1.54, 1.807) is 0 Å². The molecule has 0 saturated carbocycles. The summed E-state index contributed by atoms with van der Waals surface area (Å²) in [5.74, 6) is -0.413. The monoisotopic (exact) mass is 173 g/mol. The van der Waals surface area contributed by atoms with Crippen LogP contribution in [0.15, 0.2) is 23.1 Å². The third-order valence-electron chi connectivity index (χ3n) is 1.29. The number of rotatable bonds is 1. The fourth-order valence-corrected chi connectivity index (χ4v) is 1.44. The average Bonchev–Trinajstić information content (AvgIpc) is 1.94. The highest BCUT2D eigenvalue weighted by molar-refractivity contribution is 7.84. The summed E-state index contributed by atoms with van der Waals surface area (Å²) in [6.45, 7) is 0. The Hall–Kier alpha value is -0.900. The minimum atomic E-state index is -1.22. The van der Waals surface area contributed by atoms with Crippen LogP contribution in [0.1, 0.15) is 0 Å². The average molecular weight is 173 g/mol. The molecule has 0 aromatic heterocycles. The lowest BCUT2D eigenvalue weighted by atomic mass is 10.3. The van der Waals surface area contributed by atoms with E-state index in [2.05, 4.69) is 0 Å². The molecule has 0 fully saturated rings. The van der Waals surface area contributed by atoms with Crippen LogP contribution >= 0.6 is 0 Å². The molecule has 0 aliphatic carbocycles. The molecule has 2 nitrogen and oxygen atoms in total.